The minimum atomic E-state index is -1.13. The molecule has 0 aliphatic rings. The number of carbonyl (C=O) groups is 1. The molecule has 0 amide bonds. The Balaban J connectivity index is 1.88. The Labute approximate surface area is 147 Å². The van der Waals surface area contributed by atoms with E-state index in [-0.39, 0.29) is 11.3 Å². The van der Waals surface area contributed by atoms with Crippen LogP contribution >= 0.6 is 11.3 Å². The third-order valence-electron chi connectivity index (χ3n) is 3.45. The van der Waals surface area contributed by atoms with Crippen molar-refractivity contribution in [2.24, 2.45) is 5.10 Å². The molecule has 0 fully saturated rings. The number of anilines is 1. The first-order valence-corrected chi connectivity index (χ1v) is 8.08. The maximum atomic E-state index is 11.6. The summed E-state index contributed by atoms with van der Waals surface area (Å²) in [6, 6.07) is 11.0. The number of rotatable bonds is 6. The van der Waals surface area contributed by atoms with Crippen LogP contribution in [0.4, 0.5) is 5.13 Å². The quantitative estimate of drug-likeness (QED) is 0.518. The molecule has 7 nitrogen and oxygen atoms in total. The molecule has 2 N–H and O–H groups in total. The standard InChI is InChI=1S/C17H15N3O4S/c1-23-12-8-7-10(14(16(21)22)15(12)24-2)9-18-20-17-19-11-5-3-4-6-13(11)25-17/h3-9H,1-2H3,(H,19,20)(H,21,22)/b18-9+. The first-order chi connectivity index (χ1) is 12.1. The lowest BCUT2D eigenvalue weighted by atomic mass is 10.1. The van der Waals surface area contributed by atoms with Gasteiger partial charge in [-0.25, -0.2) is 9.78 Å². The van der Waals surface area contributed by atoms with Gasteiger partial charge in [-0.05, 0) is 24.3 Å². The van der Waals surface area contributed by atoms with Crippen molar-refractivity contribution in [3.8, 4) is 11.5 Å². The van der Waals surface area contributed by atoms with Crippen LogP contribution in [0.1, 0.15) is 15.9 Å². The number of nitrogens with zero attached hydrogens (tertiary/aromatic N) is 2. The Morgan fingerprint density at radius 2 is 2.04 bits per heavy atom. The average molecular weight is 357 g/mol. The van der Waals surface area contributed by atoms with E-state index in [2.05, 4.69) is 15.5 Å². The Kier molecular flexibility index (Phi) is 4.80. The fraction of sp³-hybridized carbons (Fsp3) is 0.118. The highest BCUT2D eigenvalue weighted by atomic mass is 32.1. The van der Waals surface area contributed by atoms with Crippen LogP contribution in [0.2, 0.25) is 0 Å². The van der Waals surface area contributed by atoms with Gasteiger partial charge in [0.05, 0.1) is 30.7 Å². The van der Waals surface area contributed by atoms with Gasteiger partial charge in [0.25, 0.3) is 0 Å². The summed E-state index contributed by atoms with van der Waals surface area (Å²) < 4.78 is 11.3. The summed E-state index contributed by atoms with van der Waals surface area (Å²) in [5.41, 5.74) is 4.07. The topological polar surface area (TPSA) is 93.0 Å². The van der Waals surface area contributed by atoms with E-state index < -0.39 is 5.97 Å². The molecular formula is C17H15N3O4S. The SMILES string of the molecule is COc1ccc(/C=N/Nc2nc3ccccc3s2)c(C(=O)O)c1OC. The highest BCUT2D eigenvalue weighted by Crippen LogP contribution is 2.33. The third-order valence-corrected chi connectivity index (χ3v) is 4.39. The summed E-state index contributed by atoms with van der Waals surface area (Å²) in [5.74, 6) is -0.632. The molecule has 3 rings (SSSR count). The molecule has 128 valence electrons. The number of methoxy groups -OCH3 is 2. The Morgan fingerprint density at radius 1 is 1.24 bits per heavy atom. The first-order valence-electron chi connectivity index (χ1n) is 7.27. The molecule has 1 aromatic heterocycles. The molecule has 0 saturated heterocycles. The summed E-state index contributed by atoms with van der Waals surface area (Å²) in [6.07, 6.45) is 1.41. The van der Waals surface area contributed by atoms with Crippen molar-refractivity contribution in [1.82, 2.24) is 4.98 Å². The van der Waals surface area contributed by atoms with Crippen molar-refractivity contribution in [2.45, 2.75) is 0 Å². The number of carboxylic acid groups (broad SMARTS) is 1. The van der Waals surface area contributed by atoms with Crippen molar-refractivity contribution in [3.05, 3.63) is 47.5 Å². The Hall–Kier alpha value is -3.13. The van der Waals surface area contributed by atoms with Crippen LogP contribution < -0.4 is 14.9 Å². The lowest BCUT2D eigenvalue weighted by molar-refractivity contribution is 0.0692. The first kappa shape index (κ1) is 16.7. The Morgan fingerprint density at radius 3 is 2.72 bits per heavy atom. The van der Waals surface area contributed by atoms with Gasteiger partial charge >= 0.3 is 5.97 Å². The molecule has 0 spiro atoms. The van der Waals surface area contributed by atoms with E-state index >= 15 is 0 Å². The van der Waals surface area contributed by atoms with Gasteiger partial charge < -0.3 is 14.6 Å². The average Bonchev–Trinajstić information content (AvgIpc) is 3.03. The van der Waals surface area contributed by atoms with Crippen LogP contribution in [-0.2, 0) is 0 Å². The highest BCUT2D eigenvalue weighted by molar-refractivity contribution is 7.22. The summed E-state index contributed by atoms with van der Waals surface area (Å²) >= 11 is 1.46. The summed E-state index contributed by atoms with van der Waals surface area (Å²) in [6.45, 7) is 0. The maximum Gasteiger partial charge on any atom is 0.340 e. The number of fused-ring (bicyclic) bond motifs is 1. The molecule has 0 radical (unpaired) electrons. The van der Waals surface area contributed by atoms with Gasteiger partial charge in [0.2, 0.25) is 5.13 Å². The van der Waals surface area contributed by atoms with Crippen LogP contribution in [-0.4, -0.2) is 36.5 Å². The van der Waals surface area contributed by atoms with Gasteiger partial charge in [0.15, 0.2) is 11.5 Å². The second-order valence-electron chi connectivity index (χ2n) is 4.93. The number of aromatic nitrogens is 1. The van der Waals surface area contributed by atoms with E-state index in [0.29, 0.717) is 16.4 Å². The van der Waals surface area contributed by atoms with Crippen LogP contribution in [0.5, 0.6) is 11.5 Å². The van der Waals surface area contributed by atoms with Crippen molar-refractivity contribution >= 4 is 38.9 Å². The summed E-state index contributed by atoms with van der Waals surface area (Å²) in [4.78, 5) is 16.0. The van der Waals surface area contributed by atoms with Gasteiger partial charge in [-0.3, -0.25) is 5.43 Å². The van der Waals surface area contributed by atoms with Crippen LogP contribution in [0.25, 0.3) is 10.2 Å². The van der Waals surface area contributed by atoms with Crippen molar-refractivity contribution in [1.29, 1.82) is 0 Å². The molecule has 8 heteroatoms. The number of hydrogen-bond acceptors (Lipinski definition) is 7. The molecule has 0 bridgehead atoms. The van der Waals surface area contributed by atoms with E-state index in [1.807, 2.05) is 24.3 Å². The molecule has 2 aromatic carbocycles. The lowest BCUT2D eigenvalue weighted by Crippen LogP contribution is -2.07. The summed E-state index contributed by atoms with van der Waals surface area (Å²) in [5, 5.41) is 14.2. The van der Waals surface area contributed by atoms with Gasteiger partial charge in [-0.1, -0.05) is 23.5 Å². The van der Waals surface area contributed by atoms with E-state index in [0.717, 1.165) is 10.2 Å². The van der Waals surface area contributed by atoms with Gasteiger partial charge in [0.1, 0.15) is 5.56 Å². The minimum Gasteiger partial charge on any atom is -0.493 e. The van der Waals surface area contributed by atoms with Crippen molar-refractivity contribution in [3.63, 3.8) is 0 Å². The van der Waals surface area contributed by atoms with Crippen molar-refractivity contribution < 1.29 is 19.4 Å². The number of benzene rings is 2. The zero-order valence-electron chi connectivity index (χ0n) is 13.5. The van der Waals surface area contributed by atoms with Crippen molar-refractivity contribution in [2.75, 3.05) is 19.6 Å². The number of thiazole rings is 1. The maximum absolute atomic E-state index is 11.6. The zero-order valence-corrected chi connectivity index (χ0v) is 14.3. The number of nitrogens with one attached hydrogen (secondary N) is 1. The van der Waals surface area contributed by atoms with E-state index in [9.17, 15) is 9.90 Å². The number of aromatic carboxylic acids is 1. The highest BCUT2D eigenvalue weighted by Gasteiger charge is 2.20. The van der Waals surface area contributed by atoms with Gasteiger partial charge in [0, 0.05) is 5.56 Å². The molecule has 1 heterocycles. The molecule has 0 atom stereocenters. The normalized spacial score (nSPS) is 11.0. The van der Waals surface area contributed by atoms with Crippen LogP contribution in [0, 0.1) is 0 Å². The number of hydrogen-bond donors (Lipinski definition) is 2. The van der Waals surface area contributed by atoms with Gasteiger partial charge in [-0.2, -0.15) is 5.10 Å². The van der Waals surface area contributed by atoms with E-state index in [4.69, 9.17) is 9.47 Å². The number of para-hydroxylation sites is 1. The second kappa shape index (κ2) is 7.18. The predicted octanol–water partition coefficient (Wildman–Crippen LogP) is 3.46. The van der Waals surface area contributed by atoms with E-state index in [1.165, 1.54) is 31.8 Å². The van der Waals surface area contributed by atoms with E-state index in [1.54, 1.807) is 12.1 Å². The predicted molar refractivity (Wildman–Crippen MR) is 97.3 cm³/mol. The minimum absolute atomic E-state index is 0.0169. The molecule has 25 heavy (non-hydrogen) atoms. The zero-order chi connectivity index (χ0) is 17.8. The molecule has 3 aromatic rings. The largest absolute Gasteiger partial charge is 0.493 e. The second-order valence-corrected chi connectivity index (χ2v) is 5.96. The fourth-order valence-corrected chi connectivity index (χ4v) is 3.16. The summed E-state index contributed by atoms with van der Waals surface area (Å²) in [7, 11) is 2.84. The lowest BCUT2D eigenvalue weighted by Gasteiger charge is -2.12. The molecular weight excluding hydrogens is 342 g/mol. The molecule has 0 aliphatic carbocycles. The van der Waals surface area contributed by atoms with Crippen LogP contribution in [0.15, 0.2) is 41.5 Å². The molecule has 0 saturated carbocycles. The number of ether oxygens (including phenoxy) is 2. The molecule has 0 aliphatic heterocycles. The Bertz CT molecular complexity index is 919. The van der Waals surface area contributed by atoms with Crippen LogP contribution in [0.3, 0.4) is 0 Å². The van der Waals surface area contributed by atoms with Gasteiger partial charge in [-0.15, -0.1) is 0 Å². The number of carboxylic acids is 1. The number of hydrazone groups is 1. The molecule has 0 unspecified atom stereocenters. The monoisotopic (exact) mass is 357 g/mol. The smallest absolute Gasteiger partial charge is 0.340 e. The third kappa shape index (κ3) is 3.38. The fourth-order valence-electron chi connectivity index (χ4n) is 2.35.